The van der Waals surface area contributed by atoms with E-state index in [0.717, 1.165) is 30.8 Å². The monoisotopic (exact) mass is 534 g/mol. The van der Waals surface area contributed by atoms with Gasteiger partial charge in [0.25, 0.3) is 0 Å². The quantitative estimate of drug-likeness (QED) is 0.188. The molecule has 4 heteroatoms. The Morgan fingerprint density at radius 1 is 0.684 bits per heavy atom. The summed E-state index contributed by atoms with van der Waals surface area (Å²) >= 11 is 1.81. The van der Waals surface area contributed by atoms with Crippen LogP contribution in [0.5, 0.6) is 0 Å². The number of nitrogens with one attached hydrogen (secondary N) is 1. The molecule has 5 rings (SSSR count). The van der Waals surface area contributed by atoms with Gasteiger partial charge in [0.05, 0.1) is 12.7 Å². The summed E-state index contributed by atoms with van der Waals surface area (Å²) in [5.41, 5.74) is 6.25. The van der Waals surface area contributed by atoms with Gasteiger partial charge in [-0.3, -0.25) is 4.74 Å². The Morgan fingerprint density at radius 3 is 1.82 bits per heavy atom. The lowest BCUT2D eigenvalue weighted by molar-refractivity contribution is 1.08. The second-order valence-corrected chi connectivity index (χ2v) is 13.4. The second-order valence-electron chi connectivity index (χ2n) is 9.44. The maximum atomic E-state index is 5.94. The molecule has 0 amide bonds. The van der Waals surface area contributed by atoms with Gasteiger partial charge in [0, 0.05) is 33.0 Å². The fraction of sp³-hybridized carbons (Fsp3) is 0.176. The highest BCUT2D eigenvalue weighted by atomic mass is 32.1. The molecule has 5 aromatic rings. The molecule has 0 saturated heterocycles. The Labute approximate surface area is 231 Å². The van der Waals surface area contributed by atoms with E-state index >= 15 is 0 Å². The van der Waals surface area contributed by atoms with Gasteiger partial charge in [-0.05, 0) is 54.0 Å². The maximum Gasteiger partial charge on any atom is 0.0688 e. The van der Waals surface area contributed by atoms with Crippen molar-refractivity contribution in [2.75, 3.05) is 5.32 Å². The Bertz CT molecular complexity index is 1490. The Hall–Kier alpha value is -3.39. The number of aryl methyl sites for hydroxylation is 3. The summed E-state index contributed by atoms with van der Waals surface area (Å²) in [5, 5.41) is 9.79. The van der Waals surface area contributed by atoms with Gasteiger partial charge in [0.15, 0.2) is 0 Å². The van der Waals surface area contributed by atoms with Crippen molar-refractivity contribution in [2.45, 2.75) is 40.2 Å². The van der Waals surface area contributed by atoms with E-state index in [0.29, 0.717) is 0 Å². The van der Waals surface area contributed by atoms with Crippen LogP contribution in [0.2, 0.25) is 0 Å². The van der Waals surface area contributed by atoms with Crippen LogP contribution in [0.1, 0.15) is 35.4 Å². The summed E-state index contributed by atoms with van der Waals surface area (Å²) in [4.78, 5) is 1.37. The summed E-state index contributed by atoms with van der Waals surface area (Å²) in [5.74, 6) is 0. The number of nitrogens with zero attached hydrogens (tertiary/aromatic N) is 1. The molecule has 0 aliphatic heterocycles. The van der Waals surface area contributed by atoms with Crippen molar-refractivity contribution >= 4 is 45.7 Å². The summed E-state index contributed by atoms with van der Waals surface area (Å²) in [6.45, 7) is 7.46. The molecular formula is C34H35N2PS. The van der Waals surface area contributed by atoms with Crippen LogP contribution >= 0.6 is 18.4 Å². The largest absolute Gasteiger partial charge is 0.380 e. The normalized spacial score (nSPS) is 11.3. The minimum atomic E-state index is -2.45. The molecule has 0 aliphatic rings. The average molecular weight is 535 g/mol. The number of benzene rings is 4. The van der Waals surface area contributed by atoms with E-state index in [-0.39, 0.29) is 0 Å². The van der Waals surface area contributed by atoms with Crippen molar-refractivity contribution < 1.29 is 0 Å². The van der Waals surface area contributed by atoms with Crippen LogP contribution in [0.15, 0.2) is 119 Å². The van der Waals surface area contributed by atoms with E-state index in [1.165, 1.54) is 37.5 Å². The first-order valence-corrected chi connectivity index (χ1v) is 16.0. The van der Waals surface area contributed by atoms with Crippen LogP contribution in [0.4, 0.5) is 11.4 Å². The number of hydrogen-bond acceptors (Lipinski definition) is 3. The van der Waals surface area contributed by atoms with E-state index in [4.69, 9.17) is 4.74 Å². The van der Waals surface area contributed by atoms with E-state index in [1.807, 2.05) is 11.3 Å². The average Bonchev–Trinajstić information content (AvgIpc) is 3.40. The van der Waals surface area contributed by atoms with Crippen LogP contribution in [-0.2, 0) is 19.4 Å². The molecule has 0 spiro atoms. The van der Waals surface area contributed by atoms with Gasteiger partial charge in [-0.15, -0.1) is 11.3 Å². The van der Waals surface area contributed by atoms with Gasteiger partial charge < -0.3 is 5.32 Å². The maximum absolute atomic E-state index is 5.94. The first-order chi connectivity index (χ1) is 18.7. The summed E-state index contributed by atoms with van der Waals surface area (Å²) in [6, 6.07) is 39.6. The SMILES string of the molecule is CCc1cccc(CC)c1N=P(c1ccccc1)(c1ccccc1)c1ccccc1NCc1sccc1C. The number of thiophene rings is 1. The number of rotatable bonds is 9. The van der Waals surface area contributed by atoms with Crippen LogP contribution in [-0.4, -0.2) is 0 Å². The Kier molecular flexibility index (Phi) is 8.27. The van der Waals surface area contributed by atoms with Gasteiger partial charge in [0.2, 0.25) is 0 Å². The van der Waals surface area contributed by atoms with E-state index in [9.17, 15) is 0 Å². The zero-order valence-corrected chi connectivity index (χ0v) is 24.1. The Morgan fingerprint density at radius 2 is 1.26 bits per heavy atom. The molecule has 1 N–H and O–H groups in total. The van der Waals surface area contributed by atoms with Crippen molar-refractivity contribution in [3.05, 3.63) is 136 Å². The zero-order chi connectivity index (χ0) is 26.4. The molecule has 0 radical (unpaired) electrons. The zero-order valence-electron chi connectivity index (χ0n) is 22.4. The molecule has 0 saturated carbocycles. The summed E-state index contributed by atoms with van der Waals surface area (Å²) in [7, 11) is -2.45. The lowest BCUT2D eigenvalue weighted by Gasteiger charge is -2.30. The van der Waals surface area contributed by atoms with Crippen molar-refractivity contribution in [3.63, 3.8) is 0 Å². The molecule has 0 aliphatic carbocycles. The molecular weight excluding hydrogens is 499 g/mol. The molecule has 2 nitrogen and oxygen atoms in total. The fourth-order valence-electron chi connectivity index (χ4n) is 5.04. The van der Waals surface area contributed by atoms with Gasteiger partial charge in [-0.2, -0.15) is 0 Å². The minimum absolute atomic E-state index is 0.801. The molecule has 0 bridgehead atoms. The fourth-order valence-corrected chi connectivity index (χ4v) is 9.65. The summed E-state index contributed by atoms with van der Waals surface area (Å²) in [6.07, 6.45) is 1.90. The van der Waals surface area contributed by atoms with Gasteiger partial charge in [-0.1, -0.05) is 111 Å². The second kappa shape index (κ2) is 12.0. The number of hydrogen-bond donors (Lipinski definition) is 1. The third kappa shape index (κ3) is 5.14. The van der Waals surface area contributed by atoms with Crippen LogP contribution < -0.4 is 21.2 Å². The van der Waals surface area contributed by atoms with Crippen LogP contribution in [0.25, 0.3) is 0 Å². The highest BCUT2D eigenvalue weighted by molar-refractivity contribution is 7.87. The Balaban J connectivity index is 1.85. The van der Waals surface area contributed by atoms with Gasteiger partial charge in [0.1, 0.15) is 0 Å². The lowest BCUT2D eigenvalue weighted by Crippen LogP contribution is -2.27. The highest BCUT2D eigenvalue weighted by Crippen LogP contribution is 2.52. The summed E-state index contributed by atoms with van der Waals surface area (Å²) < 4.78 is 5.94. The van der Waals surface area contributed by atoms with Gasteiger partial charge in [-0.25, -0.2) is 0 Å². The highest BCUT2D eigenvalue weighted by Gasteiger charge is 2.30. The molecule has 1 aromatic heterocycles. The molecule has 192 valence electrons. The predicted molar refractivity (Wildman–Crippen MR) is 169 cm³/mol. The molecule has 4 aromatic carbocycles. The predicted octanol–water partition coefficient (Wildman–Crippen LogP) is 8.60. The topological polar surface area (TPSA) is 24.4 Å². The smallest absolute Gasteiger partial charge is 0.0688 e. The van der Waals surface area contributed by atoms with Crippen LogP contribution in [0.3, 0.4) is 0 Å². The molecule has 1 heterocycles. The third-order valence-corrected chi connectivity index (χ3v) is 11.8. The van der Waals surface area contributed by atoms with Crippen molar-refractivity contribution in [3.8, 4) is 0 Å². The van der Waals surface area contributed by atoms with Crippen molar-refractivity contribution in [2.24, 2.45) is 4.74 Å². The van der Waals surface area contributed by atoms with Crippen molar-refractivity contribution in [1.29, 1.82) is 0 Å². The molecule has 38 heavy (non-hydrogen) atoms. The first-order valence-electron chi connectivity index (χ1n) is 13.4. The number of para-hydroxylation sites is 1. The molecule has 0 atom stereocenters. The number of anilines is 1. The van der Waals surface area contributed by atoms with Crippen LogP contribution in [0, 0.1) is 6.92 Å². The standard InChI is InChI=1S/C34H35N2PS/c1-4-27-15-14-16-28(5-2)34(27)36-37(29-17-8-6-9-18-29,30-19-10-7-11-20-30)32-22-13-12-21-31(32)35-25-33-26(3)23-24-38-33/h6-24,35H,4-5,25H2,1-3H3. The molecule has 0 unspecified atom stereocenters. The molecule has 0 fully saturated rings. The van der Waals surface area contributed by atoms with E-state index in [1.54, 1.807) is 0 Å². The van der Waals surface area contributed by atoms with Gasteiger partial charge >= 0.3 is 0 Å². The van der Waals surface area contributed by atoms with E-state index in [2.05, 4.69) is 141 Å². The minimum Gasteiger partial charge on any atom is -0.380 e. The van der Waals surface area contributed by atoms with E-state index < -0.39 is 7.05 Å². The lowest BCUT2D eigenvalue weighted by atomic mass is 10.0. The third-order valence-electron chi connectivity index (χ3n) is 7.13. The van der Waals surface area contributed by atoms with Crippen molar-refractivity contribution in [1.82, 2.24) is 0 Å². The first kappa shape index (κ1) is 26.2.